The highest BCUT2D eigenvalue weighted by Crippen LogP contribution is 2.27. The minimum absolute atomic E-state index is 0.00594. The van der Waals surface area contributed by atoms with Crippen LogP contribution in [0.1, 0.15) is 55.1 Å². The third-order valence-electron chi connectivity index (χ3n) is 7.14. The molecule has 1 fully saturated rings. The Labute approximate surface area is 252 Å². The molecule has 44 heavy (non-hydrogen) atoms. The van der Waals surface area contributed by atoms with E-state index in [-0.39, 0.29) is 57.8 Å². The summed E-state index contributed by atoms with van der Waals surface area (Å²) in [5, 5.41) is 5.62. The fraction of sp³-hybridized carbons (Fsp3) is 0.344. The summed E-state index contributed by atoms with van der Waals surface area (Å²) in [6.45, 7) is 8.10. The highest BCUT2D eigenvalue weighted by atomic mass is 19.1. The van der Waals surface area contributed by atoms with E-state index in [1.165, 1.54) is 32.2 Å². The van der Waals surface area contributed by atoms with Crippen molar-refractivity contribution in [1.82, 2.24) is 19.0 Å². The zero-order valence-electron chi connectivity index (χ0n) is 25.6. The summed E-state index contributed by atoms with van der Waals surface area (Å²) in [7, 11) is 1.41. The van der Waals surface area contributed by atoms with Gasteiger partial charge in [0.25, 0.3) is 17.0 Å². The van der Waals surface area contributed by atoms with Gasteiger partial charge in [-0.3, -0.25) is 28.3 Å². The molecule has 0 bridgehead atoms. The van der Waals surface area contributed by atoms with Crippen molar-refractivity contribution in [3.05, 3.63) is 96.2 Å². The molecule has 5 rings (SSSR count). The first-order valence-corrected chi connectivity index (χ1v) is 14.5. The van der Waals surface area contributed by atoms with Crippen LogP contribution in [0.5, 0.6) is 0 Å². The van der Waals surface area contributed by atoms with Crippen LogP contribution in [0.4, 0.5) is 15.9 Å². The van der Waals surface area contributed by atoms with Crippen LogP contribution in [0.2, 0.25) is 0 Å². The molecule has 0 saturated heterocycles. The zero-order chi connectivity index (χ0) is 32.3. The van der Waals surface area contributed by atoms with Crippen LogP contribution < -0.4 is 27.4 Å². The average molecular weight is 606 g/mol. The van der Waals surface area contributed by atoms with Gasteiger partial charge >= 0.3 is 11.7 Å². The number of fused-ring (bicyclic) bond motifs is 1. The predicted octanol–water partition coefficient (Wildman–Crippen LogP) is 3.83. The number of halogens is 1. The minimum Gasteiger partial charge on any atom is -0.465 e. The summed E-state index contributed by atoms with van der Waals surface area (Å²) >= 11 is 0. The van der Waals surface area contributed by atoms with Crippen LogP contribution in [-0.2, 0) is 23.1 Å². The first-order chi connectivity index (χ1) is 21.0. The van der Waals surface area contributed by atoms with Gasteiger partial charge in [-0.1, -0.05) is 26.0 Å². The standard InChI is InChI=1S/C30H30FN5O6.C2H6/c1-5-42-23(37)15-35-29(40)24-25(17(3)28(39)34(4)26(24)33-22-12-9-16(2)13-21(22)31)36(30(35)41)20-8-6-7-18(14-20)27(38)32-19-10-11-19;1-2/h6-9,12-14,19,33H,5,10-11,15H2,1-4H3,(H,32,38);1-2H3. The number of carbonyl (C=O) groups excluding carboxylic acids is 2. The molecule has 0 radical (unpaired) electrons. The summed E-state index contributed by atoms with van der Waals surface area (Å²) in [5.41, 5.74) is -1.20. The number of nitrogens with one attached hydrogen (secondary N) is 2. The van der Waals surface area contributed by atoms with E-state index in [2.05, 4.69) is 10.6 Å². The number of hydrogen-bond donors (Lipinski definition) is 2. The predicted molar refractivity (Wildman–Crippen MR) is 167 cm³/mol. The van der Waals surface area contributed by atoms with Crippen molar-refractivity contribution in [3.63, 3.8) is 0 Å². The van der Waals surface area contributed by atoms with Crippen molar-refractivity contribution in [2.75, 3.05) is 11.9 Å². The molecule has 2 heterocycles. The number of hydrogen-bond acceptors (Lipinski definition) is 7. The second-order valence-corrected chi connectivity index (χ2v) is 10.3. The third-order valence-corrected chi connectivity index (χ3v) is 7.14. The molecule has 1 aliphatic carbocycles. The summed E-state index contributed by atoms with van der Waals surface area (Å²) in [5.74, 6) is -1.85. The molecule has 11 nitrogen and oxygen atoms in total. The van der Waals surface area contributed by atoms with E-state index in [9.17, 15) is 28.4 Å². The number of pyridine rings is 1. The summed E-state index contributed by atoms with van der Waals surface area (Å²) < 4.78 is 22.9. The number of rotatable bonds is 8. The number of amides is 1. The number of carbonyl (C=O) groups is 2. The van der Waals surface area contributed by atoms with Gasteiger partial charge in [0.15, 0.2) is 0 Å². The molecule has 232 valence electrons. The van der Waals surface area contributed by atoms with E-state index in [0.717, 1.165) is 22.0 Å². The number of benzene rings is 2. The van der Waals surface area contributed by atoms with Gasteiger partial charge in [-0.05, 0) is 69.5 Å². The smallest absolute Gasteiger partial charge is 0.336 e. The number of ether oxygens (including phenoxy) is 1. The Kier molecular flexibility index (Phi) is 9.51. The van der Waals surface area contributed by atoms with Gasteiger partial charge in [0.1, 0.15) is 23.6 Å². The van der Waals surface area contributed by atoms with E-state index < -0.39 is 35.1 Å². The largest absolute Gasteiger partial charge is 0.465 e. The lowest BCUT2D eigenvalue weighted by Gasteiger charge is -2.20. The van der Waals surface area contributed by atoms with Gasteiger partial charge in [-0.15, -0.1) is 0 Å². The lowest BCUT2D eigenvalue weighted by molar-refractivity contribution is -0.143. The van der Waals surface area contributed by atoms with Crippen LogP contribution in [0.3, 0.4) is 0 Å². The maximum Gasteiger partial charge on any atom is 0.336 e. The van der Waals surface area contributed by atoms with Crippen molar-refractivity contribution in [3.8, 4) is 5.69 Å². The van der Waals surface area contributed by atoms with Gasteiger partial charge in [0.2, 0.25) is 0 Å². The molecule has 0 spiro atoms. The summed E-state index contributed by atoms with van der Waals surface area (Å²) in [6.07, 6.45) is 1.77. The molecule has 0 unspecified atom stereocenters. The third kappa shape index (κ3) is 6.19. The maximum atomic E-state index is 14.9. The Morgan fingerprint density at radius 1 is 1.02 bits per heavy atom. The second kappa shape index (κ2) is 13.1. The van der Waals surface area contributed by atoms with E-state index in [4.69, 9.17) is 4.74 Å². The molecular formula is C32H36FN5O6. The number of nitrogens with zero attached hydrogens (tertiary/aromatic N) is 3. The monoisotopic (exact) mass is 605 g/mol. The molecule has 2 aromatic carbocycles. The van der Waals surface area contributed by atoms with Gasteiger partial charge in [0, 0.05) is 24.2 Å². The van der Waals surface area contributed by atoms with Gasteiger partial charge in [0.05, 0.1) is 23.5 Å². The zero-order valence-corrected chi connectivity index (χ0v) is 25.6. The van der Waals surface area contributed by atoms with E-state index >= 15 is 0 Å². The number of aryl methyl sites for hydroxylation is 2. The van der Waals surface area contributed by atoms with E-state index in [0.29, 0.717) is 10.1 Å². The van der Waals surface area contributed by atoms with Gasteiger partial charge < -0.3 is 15.4 Å². The fourth-order valence-electron chi connectivity index (χ4n) is 4.83. The van der Waals surface area contributed by atoms with Crippen LogP contribution in [0.25, 0.3) is 16.6 Å². The van der Waals surface area contributed by atoms with E-state index in [1.807, 2.05) is 13.8 Å². The molecule has 12 heteroatoms. The first-order valence-electron chi connectivity index (χ1n) is 14.5. The molecular weight excluding hydrogens is 569 g/mol. The highest BCUT2D eigenvalue weighted by Gasteiger charge is 2.26. The van der Waals surface area contributed by atoms with Crippen LogP contribution in [0, 0.1) is 19.7 Å². The quantitative estimate of drug-likeness (QED) is 0.292. The number of aromatic nitrogens is 3. The Morgan fingerprint density at radius 2 is 1.73 bits per heavy atom. The topological polar surface area (TPSA) is 133 Å². The Hall–Kier alpha value is -5.00. The molecule has 2 N–H and O–H groups in total. The minimum atomic E-state index is -0.913. The number of anilines is 2. The summed E-state index contributed by atoms with van der Waals surface area (Å²) in [6, 6.07) is 10.7. The lowest BCUT2D eigenvalue weighted by Crippen LogP contribution is -2.43. The van der Waals surface area contributed by atoms with Crippen LogP contribution >= 0.6 is 0 Å². The molecule has 2 aromatic heterocycles. The molecule has 0 aliphatic heterocycles. The second-order valence-electron chi connectivity index (χ2n) is 10.3. The summed E-state index contributed by atoms with van der Waals surface area (Å²) in [4.78, 5) is 66.7. The molecule has 1 amide bonds. The van der Waals surface area contributed by atoms with Crippen LogP contribution in [-0.4, -0.2) is 38.2 Å². The molecule has 1 aliphatic rings. The van der Waals surface area contributed by atoms with Crippen molar-refractivity contribution in [2.45, 2.75) is 60.0 Å². The number of esters is 1. The van der Waals surface area contributed by atoms with Gasteiger partial charge in [-0.2, -0.15) is 0 Å². The maximum absolute atomic E-state index is 14.9. The molecule has 4 aromatic rings. The lowest BCUT2D eigenvalue weighted by atomic mass is 10.1. The van der Waals surface area contributed by atoms with E-state index in [1.54, 1.807) is 38.1 Å². The average Bonchev–Trinajstić information content (AvgIpc) is 3.82. The molecule has 0 atom stereocenters. The van der Waals surface area contributed by atoms with Crippen molar-refractivity contribution < 1.29 is 18.7 Å². The Morgan fingerprint density at radius 3 is 2.36 bits per heavy atom. The highest BCUT2D eigenvalue weighted by molar-refractivity contribution is 5.96. The molecule has 1 saturated carbocycles. The van der Waals surface area contributed by atoms with Crippen molar-refractivity contribution >= 4 is 34.3 Å². The van der Waals surface area contributed by atoms with Crippen molar-refractivity contribution in [2.24, 2.45) is 7.05 Å². The van der Waals surface area contributed by atoms with Crippen molar-refractivity contribution in [1.29, 1.82) is 0 Å². The van der Waals surface area contributed by atoms with Gasteiger partial charge in [-0.25, -0.2) is 13.8 Å². The SMILES string of the molecule is CC.CCOC(=O)Cn1c(=O)c2c(Nc3ccc(C)cc3F)n(C)c(=O)c(C)c2n(-c2cccc(C(=O)NC3CC3)c2)c1=O. The normalized spacial score (nSPS) is 12.3. The Bertz CT molecular complexity index is 1940. The van der Waals surface area contributed by atoms with Crippen LogP contribution in [0.15, 0.2) is 56.8 Å². The Balaban J connectivity index is 0.00000216. The first kappa shape index (κ1) is 31.9. The fourth-order valence-corrected chi connectivity index (χ4v) is 4.83.